The van der Waals surface area contributed by atoms with E-state index in [2.05, 4.69) is 31.3 Å². The largest absolute Gasteiger partial charge is 0.477 e. The molecule has 1 aliphatic rings. The molecule has 0 saturated heterocycles. The van der Waals surface area contributed by atoms with Gasteiger partial charge in [0.1, 0.15) is 17.6 Å². The molecule has 2 aromatic rings. The summed E-state index contributed by atoms with van der Waals surface area (Å²) in [6.45, 7) is 1.77. The molecule has 0 aliphatic carbocycles. The molecule has 0 bridgehead atoms. The van der Waals surface area contributed by atoms with Crippen molar-refractivity contribution in [2.24, 2.45) is 0 Å². The monoisotopic (exact) mass is 334 g/mol. The van der Waals surface area contributed by atoms with Crippen LogP contribution in [0, 0.1) is 6.92 Å². The standard InChI is InChI=1S/C13H11BrN4O2/c1-7-15-13-16-10(12(19)20)6-11(18(13)17-7)8-3-2-4-9(14)5-8/h2-6,11H,1H3,(H,19,20)(H,15,16,17)/t11-/m0/s1. The number of aliphatic carboxylic acids is 1. The van der Waals surface area contributed by atoms with Crippen LogP contribution in [-0.2, 0) is 4.79 Å². The number of aryl methyl sites for hydroxylation is 1. The molecule has 3 rings (SSSR count). The molecule has 0 amide bonds. The van der Waals surface area contributed by atoms with Crippen LogP contribution >= 0.6 is 15.9 Å². The number of nitrogens with zero attached hydrogens (tertiary/aromatic N) is 3. The van der Waals surface area contributed by atoms with Gasteiger partial charge in [-0.2, -0.15) is 10.1 Å². The highest BCUT2D eigenvalue weighted by Gasteiger charge is 2.26. The van der Waals surface area contributed by atoms with Crippen molar-refractivity contribution in [1.82, 2.24) is 14.8 Å². The summed E-state index contributed by atoms with van der Waals surface area (Å²) in [5.41, 5.74) is 1.04. The lowest BCUT2D eigenvalue weighted by molar-refractivity contribution is -0.132. The maximum absolute atomic E-state index is 11.2. The van der Waals surface area contributed by atoms with E-state index in [4.69, 9.17) is 0 Å². The van der Waals surface area contributed by atoms with Crippen LogP contribution in [0.2, 0.25) is 0 Å². The number of rotatable bonds is 2. The summed E-state index contributed by atoms with van der Waals surface area (Å²) in [7, 11) is 0. The predicted molar refractivity (Wildman–Crippen MR) is 76.4 cm³/mol. The fourth-order valence-corrected chi connectivity index (χ4v) is 2.57. The summed E-state index contributed by atoms with van der Waals surface area (Å²) in [5, 5.41) is 16.3. The van der Waals surface area contributed by atoms with Crippen LogP contribution in [-0.4, -0.2) is 25.8 Å². The minimum atomic E-state index is -1.02. The third-order valence-electron chi connectivity index (χ3n) is 2.99. The quantitative estimate of drug-likeness (QED) is 0.881. The fourth-order valence-electron chi connectivity index (χ4n) is 2.15. The highest BCUT2D eigenvalue weighted by Crippen LogP contribution is 2.30. The van der Waals surface area contributed by atoms with Crippen LogP contribution in [0.1, 0.15) is 17.4 Å². The Balaban J connectivity index is 2.14. The Kier molecular flexibility index (Phi) is 3.06. The van der Waals surface area contributed by atoms with Gasteiger partial charge in [0.2, 0.25) is 5.95 Å². The summed E-state index contributed by atoms with van der Waals surface area (Å²) in [4.78, 5) is 15.4. The molecule has 0 unspecified atom stereocenters. The second-order valence-electron chi connectivity index (χ2n) is 4.44. The van der Waals surface area contributed by atoms with E-state index in [0.717, 1.165) is 10.0 Å². The van der Waals surface area contributed by atoms with Crippen molar-refractivity contribution in [3.63, 3.8) is 0 Å². The molecule has 1 aromatic heterocycles. The first-order chi connectivity index (χ1) is 9.54. The number of carboxylic acid groups (broad SMARTS) is 1. The molecule has 7 heteroatoms. The third kappa shape index (κ3) is 2.20. The molecule has 0 saturated carbocycles. The highest BCUT2D eigenvalue weighted by atomic mass is 79.9. The second-order valence-corrected chi connectivity index (χ2v) is 5.35. The SMILES string of the molecule is Cc1nc2n(n1)[C@H](c1cccc(Br)c1)C=C(C(=O)O)N2. The van der Waals surface area contributed by atoms with Gasteiger partial charge in [0.15, 0.2) is 0 Å². The van der Waals surface area contributed by atoms with E-state index < -0.39 is 5.97 Å². The van der Waals surface area contributed by atoms with Crippen LogP contribution in [0.5, 0.6) is 0 Å². The first-order valence-corrected chi connectivity index (χ1v) is 6.74. The molecule has 0 spiro atoms. The van der Waals surface area contributed by atoms with Gasteiger partial charge in [-0.25, -0.2) is 9.48 Å². The van der Waals surface area contributed by atoms with Gasteiger partial charge in [-0.1, -0.05) is 28.1 Å². The molecule has 1 atom stereocenters. The van der Waals surface area contributed by atoms with Crippen molar-refractivity contribution in [3.05, 3.63) is 51.9 Å². The average Bonchev–Trinajstić information content (AvgIpc) is 2.77. The number of hydrogen-bond donors (Lipinski definition) is 2. The molecule has 1 aromatic carbocycles. The zero-order valence-corrected chi connectivity index (χ0v) is 12.1. The molecule has 0 fully saturated rings. The molecule has 1 aliphatic heterocycles. The van der Waals surface area contributed by atoms with Gasteiger partial charge in [0.05, 0.1) is 0 Å². The van der Waals surface area contributed by atoms with Crippen molar-refractivity contribution in [3.8, 4) is 0 Å². The Morgan fingerprint density at radius 2 is 2.30 bits per heavy atom. The van der Waals surface area contributed by atoms with Gasteiger partial charge < -0.3 is 10.4 Å². The molecular weight excluding hydrogens is 324 g/mol. The van der Waals surface area contributed by atoms with Crippen LogP contribution in [0.3, 0.4) is 0 Å². The predicted octanol–water partition coefficient (Wildman–Crippen LogP) is 2.33. The van der Waals surface area contributed by atoms with Gasteiger partial charge in [0.25, 0.3) is 0 Å². The maximum atomic E-state index is 11.2. The van der Waals surface area contributed by atoms with E-state index in [1.165, 1.54) is 0 Å². The lowest BCUT2D eigenvalue weighted by atomic mass is 10.0. The number of benzene rings is 1. The van der Waals surface area contributed by atoms with Gasteiger partial charge in [0, 0.05) is 4.47 Å². The van der Waals surface area contributed by atoms with E-state index in [0.29, 0.717) is 11.8 Å². The summed E-state index contributed by atoms with van der Waals surface area (Å²) in [6.07, 6.45) is 1.63. The van der Waals surface area contributed by atoms with Crippen LogP contribution < -0.4 is 5.32 Å². The van der Waals surface area contributed by atoms with Crippen molar-refractivity contribution < 1.29 is 9.90 Å². The van der Waals surface area contributed by atoms with Crippen molar-refractivity contribution in [2.45, 2.75) is 13.0 Å². The van der Waals surface area contributed by atoms with Crippen molar-refractivity contribution in [1.29, 1.82) is 0 Å². The number of aromatic nitrogens is 3. The number of nitrogens with one attached hydrogen (secondary N) is 1. The van der Waals surface area contributed by atoms with Gasteiger partial charge in [-0.05, 0) is 30.7 Å². The molecule has 20 heavy (non-hydrogen) atoms. The average molecular weight is 335 g/mol. The highest BCUT2D eigenvalue weighted by molar-refractivity contribution is 9.10. The number of hydrogen-bond acceptors (Lipinski definition) is 4. The molecule has 102 valence electrons. The molecule has 6 nitrogen and oxygen atoms in total. The first-order valence-electron chi connectivity index (χ1n) is 5.95. The Bertz CT molecular complexity index is 723. The fraction of sp³-hybridized carbons (Fsp3) is 0.154. The number of carboxylic acids is 1. The minimum Gasteiger partial charge on any atom is -0.477 e. The summed E-state index contributed by atoms with van der Waals surface area (Å²) >= 11 is 3.42. The zero-order chi connectivity index (χ0) is 14.3. The van der Waals surface area contributed by atoms with E-state index >= 15 is 0 Å². The van der Waals surface area contributed by atoms with E-state index in [1.54, 1.807) is 17.7 Å². The summed E-state index contributed by atoms with van der Waals surface area (Å²) in [5.74, 6) is 0.0109. The molecule has 2 heterocycles. The third-order valence-corrected chi connectivity index (χ3v) is 3.49. The molecular formula is C13H11BrN4O2. The summed E-state index contributed by atoms with van der Waals surface area (Å²) in [6, 6.07) is 7.39. The number of carbonyl (C=O) groups is 1. The van der Waals surface area contributed by atoms with Crippen LogP contribution in [0.15, 0.2) is 40.5 Å². The Morgan fingerprint density at radius 3 is 3.00 bits per heavy atom. The Morgan fingerprint density at radius 1 is 1.50 bits per heavy atom. The van der Waals surface area contributed by atoms with Crippen LogP contribution in [0.25, 0.3) is 0 Å². The number of allylic oxidation sites excluding steroid dienone is 1. The molecule has 0 radical (unpaired) electrons. The topological polar surface area (TPSA) is 80.0 Å². The normalized spacial score (nSPS) is 17.1. The lowest BCUT2D eigenvalue weighted by Crippen LogP contribution is -2.24. The van der Waals surface area contributed by atoms with E-state index in [1.807, 2.05) is 24.3 Å². The number of halogens is 1. The van der Waals surface area contributed by atoms with Gasteiger partial charge in [-0.15, -0.1) is 0 Å². The zero-order valence-electron chi connectivity index (χ0n) is 10.5. The van der Waals surface area contributed by atoms with Crippen molar-refractivity contribution >= 4 is 27.8 Å². The van der Waals surface area contributed by atoms with Crippen LogP contribution in [0.4, 0.5) is 5.95 Å². The van der Waals surface area contributed by atoms with E-state index in [-0.39, 0.29) is 11.7 Å². The minimum absolute atomic E-state index is 0.106. The second kappa shape index (κ2) is 4.75. The first kappa shape index (κ1) is 12.9. The number of fused-ring (bicyclic) bond motifs is 1. The summed E-state index contributed by atoms with van der Waals surface area (Å²) < 4.78 is 2.61. The number of anilines is 1. The van der Waals surface area contributed by atoms with Crippen molar-refractivity contribution in [2.75, 3.05) is 5.32 Å². The van der Waals surface area contributed by atoms with Gasteiger partial charge in [-0.3, -0.25) is 0 Å². The Hall–Kier alpha value is -2.15. The smallest absolute Gasteiger partial charge is 0.352 e. The lowest BCUT2D eigenvalue weighted by Gasteiger charge is -2.22. The van der Waals surface area contributed by atoms with E-state index in [9.17, 15) is 9.90 Å². The van der Waals surface area contributed by atoms with Gasteiger partial charge >= 0.3 is 5.97 Å². The Labute approximate surface area is 123 Å². The molecule has 2 N–H and O–H groups in total. The maximum Gasteiger partial charge on any atom is 0.352 e.